The minimum Gasteiger partial charge on any atom is -0.481 e. The van der Waals surface area contributed by atoms with Crippen LogP contribution in [0.1, 0.15) is 44.9 Å². The third-order valence-corrected chi connectivity index (χ3v) is 5.08. The molecule has 0 unspecified atom stereocenters. The normalized spacial score (nSPS) is 52.1. The van der Waals surface area contributed by atoms with Crippen molar-refractivity contribution in [3.63, 3.8) is 0 Å². The molecule has 0 saturated heterocycles. The van der Waals surface area contributed by atoms with Gasteiger partial charge in [-0.05, 0) is 55.8 Å². The van der Waals surface area contributed by atoms with Crippen molar-refractivity contribution in [2.24, 2.45) is 17.3 Å². The second-order valence-electron chi connectivity index (χ2n) is 6.18. The van der Waals surface area contributed by atoms with Gasteiger partial charge in [0.25, 0.3) is 0 Å². The van der Waals surface area contributed by atoms with Gasteiger partial charge in [-0.1, -0.05) is 0 Å². The number of alkyl halides is 1. The lowest BCUT2D eigenvalue weighted by molar-refractivity contribution is -0.144. The average Bonchev–Trinajstić information content (AvgIpc) is 1.94. The number of hydrogen-bond donors (Lipinski definition) is 1. The Labute approximate surface area is 95.0 Å². The lowest BCUT2D eigenvalue weighted by Crippen LogP contribution is -2.53. The van der Waals surface area contributed by atoms with Gasteiger partial charge in [0.1, 0.15) is 0 Å². The van der Waals surface area contributed by atoms with Crippen LogP contribution in [0, 0.1) is 17.3 Å². The predicted octanol–water partition coefficient (Wildman–Crippen LogP) is 3.04. The first-order valence-corrected chi connectivity index (χ1v) is 6.27. The van der Waals surface area contributed by atoms with E-state index in [4.69, 9.17) is 16.7 Å². The van der Waals surface area contributed by atoms with E-state index in [1.165, 1.54) is 6.42 Å². The number of carboxylic acids is 1. The van der Waals surface area contributed by atoms with Crippen molar-refractivity contribution in [1.29, 1.82) is 0 Å². The summed E-state index contributed by atoms with van der Waals surface area (Å²) >= 11 is 6.61. The number of halogens is 1. The summed E-state index contributed by atoms with van der Waals surface area (Å²) in [7, 11) is 0. The lowest BCUT2D eigenvalue weighted by atomic mass is 9.48. The second-order valence-corrected chi connectivity index (χ2v) is 6.98. The van der Waals surface area contributed by atoms with Gasteiger partial charge in [0.2, 0.25) is 0 Å². The van der Waals surface area contributed by atoms with Crippen LogP contribution in [0.25, 0.3) is 0 Å². The van der Waals surface area contributed by atoms with Crippen molar-refractivity contribution in [3.05, 3.63) is 0 Å². The maximum atomic E-state index is 10.9. The quantitative estimate of drug-likeness (QED) is 0.738. The van der Waals surface area contributed by atoms with Gasteiger partial charge in [-0.2, -0.15) is 0 Å². The number of aliphatic carboxylic acids is 1. The zero-order valence-corrected chi connectivity index (χ0v) is 9.59. The molecule has 0 radical (unpaired) electrons. The zero-order chi connectivity index (χ0) is 10.7. The fraction of sp³-hybridized carbons (Fsp3) is 0.917. The van der Waals surface area contributed by atoms with Crippen LogP contribution in [0.5, 0.6) is 0 Å². The Morgan fingerprint density at radius 1 is 1.27 bits per heavy atom. The van der Waals surface area contributed by atoms with Gasteiger partial charge in [-0.25, -0.2) is 0 Å². The molecule has 4 aliphatic rings. The van der Waals surface area contributed by atoms with Gasteiger partial charge in [-0.3, -0.25) is 4.79 Å². The summed E-state index contributed by atoms with van der Waals surface area (Å²) in [6.45, 7) is 0. The molecule has 84 valence electrons. The van der Waals surface area contributed by atoms with Gasteiger partial charge >= 0.3 is 5.97 Å². The van der Waals surface area contributed by atoms with Crippen molar-refractivity contribution >= 4 is 17.6 Å². The minimum atomic E-state index is -0.641. The van der Waals surface area contributed by atoms with Gasteiger partial charge in [0.05, 0.1) is 6.42 Å². The number of carbonyl (C=O) groups is 1. The molecule has 0 amide bonds. The molecule has 1 N–H and O–H groups in total. The SMILES string of the molecule is O=C(O)CC12C[C@@H]3C[C@H](CC(Cl)(C3)C1)C2. The van der Waals surface area contributed by atoms with Crippen LogP contribution in [-0.2, 0) is 4.79 Å². The first-order valence-electron chi connectivity index (χ1n) is 5.89. The summed E-state index contributed by atoms with van der Waals surface area (Å²) in [5.41, 5.74) is 0.0532. The molecule has 0 aromatic rings. The Morgan fingerprint density at radius 2 is 1.87 bits per heavy atom. The molecule has 0 aliphatic heterocycles. The van der Waals surface area contributed by atoms with Crippen LogP contribution in [-0.4, -0.2) is 16.0 Å². The van der Waals surface area contributed by atoms with Crippen molar-refractivity contribution in [2.45, 2.75) is 49.8 Å². The van der Waals surface area contributed by atoms with Gasteiger partial charge < -0.3 is 5.11 Å². The summed E-state index contributed by atoms with van der Waals surface area (Å²) in [5, 5.41) is 9.01. The van der Waals surface area contributed by atoms with Crippen LogP contribution >= 0.6 is 11.6 Å². The van der Waals surface area contributed by atoms with Crippen LogP contribution in [0.15, 0.2) is 0 Å². The molecule has 3 heteroatoms. The molecule has 0 heterocycles. The second kappa shape index (κ2) is 2.91. The summed E-state index contributed by atoms with van der Waals surface area (Å²) in [4.78, 5) is 10.9. The monoisotopic (exact) mass is 228 g/mol. The van der Waals surface area contributed by atoms with E-state index in [-0.39, 0.29) is 10.3 Å². The molecule has 2 atom stereocenters. The molecule has 0 aromatic heterocycles. The van der Waals surface area contributed by atoms with E-state index in [9.17, 15) is 4.79 Å². The highest BCUT2D eigenvalue weighted by Crippen LogP contribution is 2.64. The molecule has 15 heavy (non-hydrogen) atoms. The minimum absolute atomic E-state index is 0.0421. The summed E-state index contributed by atoms with van der Waals surface area (Å²) in [6.07, 6.45) is 7.08. The molecule has 2 nitrogen and oxygen atoms in total. The Hall–Kier alpha value is -0.240. The van der Waals surface area contributed by atoms with Crippen LogP contribution < -0.4 is 0 Å². The largest absolute Gasteiger partial charge is 0.481 e. The van der Waals surface area contributed by atoms with E-state index in [0.29, 0.717) is 18.3 Å². The van der Waals surface area contributed by atoms with E-state index in [1.54, 1.807) is 0 Å². The molecule has 4 fully saturated rings. The fourth-order valence-corrected chi connectivity index (χ4v) is 5.58. The number of rotatable bonds is 2. The van der Waals surface area contributed by atoms with Crippen LogP contribution in [0.3, 0.4) is 0 Å². The predicted molar refractivity (Wildman–Crippen MR) is 58.0 cm³/mol. The summed E-state index contributed by atoms with van der Waals surface area (Å²) in [5.74, 6) is 0.781. The van der Waals surface area contributed by atoms with E-state index < -0.39 is 5.97 Å². The Kier molecular flexibility index (Phi) is 1.93. The number of hydrogen-bond acceptors (Lipinski definition) is 1. The van der Waals surface area contributed by atoms with Gasteiger partial charge in [0, 0.05) is 4.87 Å². The van der Waals surface area contributed by atoms with Gasteiger partial charge in [0.15, 0.2) is 0 Å². The zero-order valence-electron chi connectivity index (χ0n) is 8.84. The standard InChI is InChI=1S/C12H17ClO2/c13-12-4-8-1-9(5-12)3-11(2-8,7-12)6-10(14)15/h8-9H,1-7H2,(H,14,15)/t8-,9-,11?,12?/m0/s1. The Balaban J connectivity index is 1.89. The van der Waals surface area contributed by atoms with Crippen molar-refractivity contribution in [1.82, 2.24) is 0 Å². The molecular formula is C12H17ClO2. The number of carboxylic acid groups (broad SMARTS) is 1. The summed E-state index contributed by atoms with van der Waals surface area (Å²) in [6, 6.07) is 0. The first-order chi connectivity index (χ1) is 6.99. The molecule has 4 rings (SSSR count). The first kappa shape index (κ1) is 9.95. The molecular weight excluding hydrogens is 212 g/mol. The van der Waals surface area contributed by atoms with E-state index in [1.807, 2.05) is 0 Å². The molecule has 4 aliphatic carbocycles. The Bertz CT molecular complexity index is 299. The van der Waals surface area contributed by atoms with E-state index in [2.05, 4.69) is 0 Å². The fourth-order valence-electron chi connectivity index (χ4n) is 4.86. The smallest absolute Gasteiger partial charge is 0.303 e. The molecule has 0 aromatic carbocycles. The van der Waals surface area contributed by atoms with Crippen LogP contribution in [0.2, 0.25) is 0 Å². The maximum absolute atomic E-state index is 10.9. The highest BCUT2D eigenvalue weighted by Gasteiger charge is 2.57. The third-order valence-electron chi connectivity index (χ3n) is 4.64. The van der Waals surface area contributed by atoms with Crippen molar-refractivity contribution < 1.29 is 9.90 Å². The average molecular weight is 229 g/mol. The maximum Gasteiger partial charge on any atom is 0.303 e. The van der Waals surface area contributed by atoms with Crippen molar-refractivity contribution in [3.8, 4) is 0 Å². The Morgan fingerprint density at radius 3 is 2.33 bits per heavy atom. The molecule has 4 saturated carbocycles. The summed E-state index contributed by atoms with van der Waals surface area (Å²) < 4.78 is 0. The van der Waals surface area contributed by atoms with E-state index in [0.717, 1.165) is 32.1 Å². The molecule has 4 bridgehead atoms. The van der Waals surface area contributed by atoms with E-state index >= 15 is 0 Å². The molecule has 0 spiro atoms. The van der Waals surface area contributed by atoms with Crippen molar-refractivity contribution in [2.75, 3.05) is 0 Å². The lowest BCUT2D eigenvalue weighted by Gasteiger charge is -2.59. The topological polar surface area (TPSA) is 37.3 Å². The third kappa shape index (κ3) is 1.57. The van der Waals surface area contributed by atoms with Crippen LogP contribution in [0.4, 0.5) is 0 Å². The van der Waals surface area contributed by atoms with Gasteiger partial charge in [-0.15, -0.1) is 11.6 Å². The highest BCUT2D eigenvalue weighted by molar-refractivity contribution is 6.24. The highest BCUT2D eigenvalue weighted by atomic mass is 35.5.